The Morgan fingerprint density at radius 2 is 2.18 bits per heavy atom. The second-order valence-electron chi connectivity index (χ2n) is 3.63. The Balaban J connectivity index is 2.73. The highest BCUT2D eigenvalue weighted by molar-refractivity contribution is 5.88. The Morgan fingerprint density at radius 1 is 1.41 bits per heavy atom. The van der Waals surface area contributed by atoms with Gasteiger partial charge < -0.3 is 14.7 Å². The lowest BCUT2D eigenvalue weighted by molar-refractivity contribution is 0.0697. The highest BCUT2D eigenvalue weighted by Gasteiger charge is 2.07. The quantitative estimate of drug-likeness (QED) is 0.739. The Bertz CT molecular complexity index is 365. The molecular weight excluding hydrogens is 218 g/mol. The van der Waals surface area contributed by atoms with Gasteiger partial charge in [0, 0.05) is 25.4 Å². The van der Waals surface area contributed by atoms with Gasteiger partial charge in [0.2, 0.25) is 0 Å². The van der Waals surface area contributed by atoms with Gasteiger partial charge in [-0.3, -0.25) is 0 Å². The largest absolute Gasteiger partial charge is 0.478 e. The van der Waals surface area contributed by atoms with Crippen LogP contribution in [0.1, 0.15) is 24.2 Å². The highest BCUT2D eigenvalue weighted by Crippen LogP contribution is 2.15. The van der Waals surface area contributed by atoms with Crippen molar-refractivity contribution in [3.63, 3.8) is 0 Å². The third kappa shape index (κ3) is 4.07. The van der Waals surface area contributed by atoms with E-state index in [4.69, 9.17) is 9.84 Å². The van der Waals surface area contributed by atoms with E-state index in [0.717, 1.165) is 18.8 Å². The molecule has 0 aromatic heterocycles. The third-order valence-electron chi connectivity index (χ3n) is 2.55. The zero-order chi connectivity index (χ0) is 12.7. The summed E-state index contributed by atoms with van der Waals surface area (Å²) in [6.07, 6.45) is 0. The Hall–Kier alpha value is -1.55. The lowest BCUT2D eigenvalue weighted by Gasteiger charge is -2.23. The van der Waals surface area contributed by atoms with Crippen LogP contribution < -0.4 is 4.90 Å². The summed E-state index contributed by atoms with van der Waals surface area (Å²) in [6.45, 7) is 6.96. The fourth-order valence-corrected chi connectivity index (χ4v) is 1.62. The lowest BCUT2D eigenvalue weighted by atomic mass is 10.2. The second-order valence-corrected chi connectivity index (χ2v) is 3.63. The normalized spacial score (nSPS) is 10.2. The van der Waals surface area contributed by atoms with Gasteiger partial charge in [0.1, 0.15) is 0 Å². The average molecular weight is 237 g/mol. The minimum absolute atomic E-state index is 0.317. The van der Waals surface area contributed by atoms with Crippen molar-refractivity contribution in [2.45, 2.75) is 13.8 Å². The molecule has 0 unspecified atom stereocenters. The number of benzene rings is 1. The van der Waals surface area contributed by atoms with Crippen LogP contribution in [0.2, 0.25) is 0 Å². The van der Waals surface area contributed by atoms with Crippen molar-refractivity contribution < 1.29 is 14.6 Å². The van der Waals surface area contributed by atoms with Crippen molar-refractivity contribution in [1.29, 1.82) is 0 Å². The molecule has 0 fully saturated rings. The van der Waals surface area contributed by atoms with Gasteiger partial charge in [-0.15, -0.1) is 0 Å². The SMILES string of the molecule is CCOCCN(CC)c1cccc(C(=O)O)c1. The summed E-state index contributed by atoms with van der Waals surface area (Å²) < 4.78 is 5.31. The van der Waals surface area contributed by atoms with Crippen LogP contribution in [0.5, 0.6) is 0 Å². The van der Waals surface area contributed by atoms with Crippen LogP contribution in [0.4, 0.5) is 5.69 Å². The average Bonchev–Trinajstić information content (AvgIpc) is 2.35. The molecule has 0 radical (unpaired) electrons. The summed E-state index contributed by atoms with van der Waals surface area (Å²) in [5.41, 5.74) is 1.24. The molecule has 1 N–H and O–H groups in total. The van der Waals surface area contributed by atoms with Gasteiger partial charge in [-0.2, -0.15) is 0 Å². The molecule has 4 nitrogen and oxygen atoms in total. The maximum Gasteiger partial charge on any atom is 0.335 e. The van der Waals surface area contributed by atoms with Crippen molar-refractivity contribution in [3.05, 3.63) is 29.8 Å². The van der Waals surface area contributed by atoms with Crippen molar-refractivity contribution >= 4 is 11.7 Å². The summed E-state index contributed by atoms with van der Waals surface area (Å²) in [6, 6.07) is 6.98. The molecule has 17 heavy (non-hydrogen) atoms. The van der Waals surface area contributed by atoms with Crippen LogP contribution in [-0.2, 0) is 4.74 Å². The molecule has 0 saturated heterocycles. The van der Waals surface area contributed by atoms with Crippen LogP contribution >= 0.6 is 0 Å². The minimum atomic E-state index is -0.896. The maximum atomic E-state index is 10.9. The third-order valence-corrected chi connectivity index (χ3v) is 2.55. The van der Waals surface area contributed by atoms with E-state index in [1.54, 1.807) is 18.2 Å². The maximum absolute atomic E-state index is 10.9. The van der Waals surface area contributed by atoms with E-state index >= 15 is 0 Å². The van der Waals surface area contributed by atoms with E-state index in [-0.39, 0.29) is 0 Å². The number of ether oxygens (including phenoxy) is 1. The number of carbonyl (C=O) groups is 1. The van der Waals surface area contributed by atoms with E-state index in [2.05, 4.69) is 4.90 Å². The number of nitrogens with zero attached hydrogens (tertiary/aromatic N) is 1. The van der Waals surface area contributed by atoms with Gasteiger partial charge in [-0.05, 0) is 32.0 Å². The first kappa shape index (κ1) is 13.5. The Labute approximate surface area is 102 Å². The summed E-state index contributed by atoms with van der Waals surface area (Å²) in [5.74, 6) is -0.896. The smallest absolute Gasteiger partial charge is 0.335 e. The molecule has 94 valence electrons. The first-order valence-electron chi connectivity index (χ1n) is 5.85. The van der Waals surface area contributed by atoms with Gasteiger partial charge in [0.25, 0.3) is 0 Å². The van der Waals surface area contributed by atoms with E-state index in [1.807, 2.05) is 19.9 Å². The molecule has 0 aliphatic carbocycles. The monoisotopic (exact) mass is 237 g/mol. The zero-order valence-electron chi connectivity index (χ0n) is 10.3. The van der Waals surface area contributed by atoms with Crippen LogP contribution in [0.25, 0.3) is 0 Å². The standard InChI is InChI=1S/C13H19NO3/c1-3-14(8-9-17-4-2)12-7-5-6-11(10-12)13(15)16/h5-7,10H,3-4,8-9H2,1-2H3,(H,15,16). The first-order chi connectivity index (χ1) is 8.19. The summed E-state index contributed by atoms with van der Waals surface area (Å²) in [7, 11) is 0. The van der Waals surface area contributed by atoms with E-state index in [0.29, 0.717) is 18.8 Å². The second kappa shape index (κ2) is 6.91. The van der Waals surface area contributed by atoms with Crippen molar-refractivity contribution in [3.8, 4) is 0 Å². The summed E-state index contributed by atoms with van der Waals surface area (Å²) >= 11 is 0. The molecule has 0 atom stereocenters. The molecule has 0 saturated carbocycles. The molecule has 4 heteroatoms. The first-order valence-corrected chi connectivity index (χ1v) is 5.85. The molecule has 0 aliphatic rings. The number of aromatic carboxylic acids is 1. The van der Waals surface area contributed by atoms with Gasteiger partial charge in [0.15, 0.2) is 0 Å². The number of likely N-dealkylation sites (N-methyl/N-ethyl adjacent to an activating group) is 1. The molecule has 0 amide bonds. The number of carboxylic acids is 1. The van der Waals surface area contributed by atoms with Crippen LogP contribution in [0.15, 0.2) is 24.3 Å². The van der Waals surface area contributed by atoms with Crippen LogP contribution in [0.3, 0.4) is 0 Å². The molecule has 1 rings (SSSR count). The van der Waals surface area contributed by atoms with Crippen molar-refractivity contribution in [1.82, 2.24) is 0 Å². The van der Waals surface area contributed by atoms with E-state index in [9.17, 15) is 4.79 Å². The molecule has 0 heterocycles. The number of hydrogen-bond acceptors (Lipinski definition) is 3. The number of hydrogen-bond donors (Lipinski definition) is 1. The van der Waals surface area contributed by atoms with Crippen molar-refractivity contribution in [2.75, 3.05) is 31.2 Å². The van der Waals surface area contributed by atoms with Gasteiger partial charge >= 0.3 is 5.97 Å². The van der Waals surface area contributed by atoms with E-state index < -0.39 is 5.97 Å². The summed E-state index contributed by atoms with van der Waals surface area (Å²) in [4.78, 5) is 13.0. The topological polar surface area (TPSA) is 49.8 Å². The van der Waals surface area contributed by atoms with E-state index in [1.165, 1.54) is 0 Å². The Kier molecular flexibility index (Phi) is 5.49. The fraction of sp³-hybridized carbons (Fsp3) is 0.462. The van der Waals surface area contributed by atoms with Crippen LogP contribution in [-0.4, -0.2) is 37.4 Å². The molecule has 0 bridgehead atoms. The predicted molar refractivity (Wildman–Crippen MR) is 67.8 cm³/mol. The fourth-order valence-electron chi connectivity index (χ4n) is 1.62. The molecule has 0 aliphatic heterocycles. The van der Waals surface area contributed by atoms with Gasteiger partial charge in [-0.1, -0.05) is 6.07 Å². The lowest BCUT2D eigenvalue weighted by Crippen LogP contribution is -2.27. The number of rotatable bonds is 7. The molecule has 1 aromatic rings. The van der Waals surface area contributed by atoms with Crippen LogP contribution in [0, 0.1) is 0 Å². The number of carboxylic acid groups (broad SMARTS) is 1. The molecule has 0 spiro atoms. The highest BCUT2D eigenvalue weighted by atomic mass is 16.5. The molecule has 1 aromatic carbocycles. The minimum Gasteiger partial charge on any atom is -0.478 e. The van der Waals surface area contributed by atoms with Gasteiger partial charge in [-0.25, -0.2) is 4.79 Å². The molecular formula is C13H19NO3. The Morgan fingerprint density at radius 3 is 2.76 bits per heavy atom. The predicted octanol–water partition coefficient (Wildman–Crippen LogP) is 2.25. The number of anilines is 1. The van der Waals surface area contributed by atoms with Crippen molar-refractivity contribution in [2.24, 2.45) is 0 Å². The summed E-state index contributed by atoms with van der Waals surface area (Å²) in [5, 5.41) is 8.93. The zero-order valence-corrected chi connectivity index (χ0v) is 10.3. The van der Waals surface area contributed by atoms with Gasteiger partial charge in [0.05, 0.1) is 12.2 Å².